The van der Waals surface area contributed by atoms with Crippen LogP contribution >= 0.6 is 11.6 Å². The Morgan fingerprint density at radius 2 is 1.48 bits per heavy atom. The second kappa shape index (κ2) is 10.0. The molecule has 0 saturated heterocycles. The van der Waals surface area contributed by atoms with Gasteiger partial charge in [-0.2, -0.15) is 0 Å². The van der Waals surface area contributed by atoms with Gasteiger partial charge in [0.1, 0.15) is 0 Å². The lowest BCUT2D eigenvalue weighted by Gasteiger charge is -2.19. The van der Waals surface area contributed by atoms with E-state index in [2.05, 4.69) is 21.2 Å². The maximum atomic E-state index is 12.8. The third kappa shape index (κ3) is 5.22. The highest BCUT2D eigenvalue weighted by Crippen LogP contribution is 2.20. The number of aromatic nitrogens is 1. The third-order valence-electron chi connectivity index (χ3n) is 5.16. The first-order valence-corrected chi connectivity index (χ1v) is 10.7. The van der Waals surface area contributed by atoms with E-state index in [4.69, 9.17) is 11.6 Å². The van der Waals surface area contributed by atoms with Crippen molar-refractivity contribution in [3.63, 3.8) is 0 Å². The van der Waals surface area contributed by atoms with Crippen molar-refractivity contribution in [3.8, 4) is 0 Å². The quantitative estimate of drug-likeness (QED) is 0.325. The van der Waals surface area contributed by atoms with Gasteiger partial charge in [-0.3, -0.25) is 25.2 Å². The zero-order valence-electron chi connectivity index (χ0n) is 17.5. The van der Waals surface area contributed by atoms with Gasteiger partial charge in [-0.15, -0.1) is 0 Å². The van der Waals surface area contributed by atoms with Gasteiger partial charge in [0.05, 0.1) is 28.6 Å². The number of hydrogen-bond acceptors (Lipinski definition) is 3. The maximum absolute atomic E-state index is 12.8. The highest BCUT2D eigenvalue weighted by Gasteiger charge is 2.21. The average Bonchev–Trinajstić information content (AvgIpc) is 3.27. The molecule has 4 rings (SSSR count). The molecule has 4 aromatic rings. The molecule has 0 radical (unpaired) electrons. The fourth-order valence-corrected chi connectivity index (χ4v) is 3.73. The molecule has 0 fully saturated rings. The smallest absolute Gasteiger partial charge is 0.271 e. The second-order valence-corrected chi connectivity index (χ2v) is 7.78. The molecule has 0 bridgehead atoms. The van der Waals surface area contributed by atoms with Crippen LogP contribution < -0.4 is 16.2 Å². The van der Waals surface area contributed by atoms with Gasteiger partial charge in [-0.05, 0) is 23.8 Å². The fraction of sp³-hybridized carbons (Fsp3) is 0.0800. The number of rotatable bonds is 6. The minimum atomic E-state index is -0.625. The van der Waals surface area contributed by atoms with Gasteiger partial charge < -0.3 is 10.3 Å². The predicted octanol–water partition coefficient (Wildman–Crippen LogP) is 4.14. The van der Waals surface area contributed by atoms with Gasteiger partial charge in [-0.25, -0.2) is 0 Å². The molecular weight excluding hydrogens is 440 g/mol. The van der Waals surface area contributed by atoms with Crippen molar-refractivity contribution >= 4 is 40.2 Å². The van der Waals surface area contributed by atoms with Crippen LogP contribution in [-0.2, 0) is 4.79 Å². The molecule has 166 valence electrons. The normalized spacial score (nSPS) is 11.5. The summed E-state index contributed by atoms with van der Waals surface area (Å²) in [6.07, 6.45) is 1.50. The Hall–Kier alpha value is -4.10. The van der Waals surface area contributed by atoms with E-state index in [1.54, 1.807) is 30.5 Å². The SMILES string of the molecule is O=C(CC(NC(=O)c1ccccc1Cl)c1ccccc1)NNC(=O)c1c[nH]c2ccccc12. The van der Waals surface area contributed by atoms with Crippen LogP contribution in [0.1, 0.15) is 38.7 Å². The topological polar surface area (TPSA) is 103 Å². The lowest BCUT2D eigenvalue weighted by atomic mass is 10.0. The maximum Gasteiger partial charge on any atom is 0.271 e. The molecule has 1 unspecified atom stereocenters. The van der Waals surface area contributed by atoms with Gasteiger partial charge in [0.25, 0.3) is 11.8 Å². The molecule has 0 aliphatic heterocycles. The number of amides is 3. The van der Waals surface area contributed by atoms with Gasteiger partial charge >= 0.3 is 0 Å². The van der Waals surface area contributed by atoms with Crippen molar-refractivity contribution in [2.24, 2.45) is 0 Å². The van der Waals surface area contributed by atoms with Crippen molar-refractivity contribution in [1.29, 1.82) is 0 Å². The highest BCUT2D eigenvalue weighted by atomic mass is 35.5. The van der Waals surface area contributed by atoms with Crippen LogP contribution in [0.25, 0.3) is 10.9 Å². The van der Waals surface area contributed by atoms with E-state index in [0.29, 0.717) is 16.1 Å². The lowest BCUT2D eigenvalue weighted by molar-refractivity contribution is -0.122. The molecule has 0 aliphatic carbocycles. The largest absolute Gasteiger partial charge is 0.360 e. The standard InChI is InChI=1S/C25H21ClN4O3/c26-20-12-6-4-11-18(20)24(32)28-22(16-8-2-1-3-9-16)14-23(31)29-30-25(33)19-15-27-21-13-7-5-10-17(19)21/h1-13,15,22,27H,14H2,(H,28,32)(H,29,31)(H,30,33). The molecule has 3 aromatic carbocycles. The summed E-state index contributed by atoms with van der Waals surface area (Å²) in [6, 6.07) is 22.5. The summed E-state index contributed by atoms with van der Waals surface area (Å²) in [5, 5.41) is 3.92. The zero-order chi connectivity index (χ0) is 23.2. The molecule has 0 spiro atoms. The fourth-order valence-electron chi connectivity index (χ4n) is 3.51. The number of hydrazine groups is 1. The Kier molecular flexibility index (Phi) is 6.71. The summed E-state index contributed by atoms with van der Waals surface area (Å²) >= 11 is 6.14. The first kappa shape index (κ1) is 22.1. The number of carbonyl (C=O) groups excluding carboxylic acids is 3. The summed E-state index contributed by atoms with van der Waals surface area (Å²) in [7, 11) is 0. The van der Waals surface area contributed by atoms with Gasteiger partial charge in [-0.1, -0.05) is 72.3 Å². The number of fused-ring (bicyclic) bond motifs is 1. The molecule has 0 aliphatic rings. The predicted molar refractivity (Wildman–Crippen MR) is 127 cm³/mol. The van der Waals surface area contributed by atoms with Crippen LogP contribution in [0.15, 0.2) is 85.1 Å². The van der Waals surface area contributed by atoms with Crippen molar-refractivity contribution in [3.05, 3.63) is 107 Å². The Labute approximate surface area is 195 Å². The van der Waals surface area contributed by atoms with E-state index in [9.17, 15) is 14.4 Å². The molecule has 8 heteroatoms. The van der Waals surface area contributed by atoms with E-state index in [1.807, 2.05) is 54.6 Å². The number of nitrogens with one attached hydrogen (secondary N) is 4. The molecule has 4 N–H and O–H groups in total. The summed E-state index contributed by atoms with van der Waals surface area (Å²) in [5.74, 6) is -1.31. The third-order valence-corrected chi connectivity index (χ3v) is 5.49. The number of para-hydroxylation sites is 1. The van der Waals surface area contributed by atoms with Crippen molar-refractivity contribution in [1.82, 2.24) is 21.2 Å². The number of halogens is 1. The number of benzene rings is 3. The van der Waals surface area contributed by atoms with E-state index in [0.717, 1.165) is 16.5 Å². The van der Waals surface area contributed by atoms with E-state index < -0.39 is 23.8 Å². The molecule has 3 amide bonds. The van der Waals surface area contributed by atoms with Crippen molar-refractivity contribution in [2.75, 3.05) is 0 Å². The second-order valence-electron chi connectivity index (χ2n) is 7.37. The summed E-state index contributed by atoms with van der Waals surface area (Å²) < 4.78 is 0. The number of carbonyl (C=O) groups is 3. The van der Waals surface area contributed by atoms with Crippen molar-refractivity contribution < 1.29 is 14.4 Å². The van der Waals surface area contributed by atoms with Crippen molar-refractivity contribution in [2.45, 2.75) is 12.5 Å². The van der Waals surface area contributed by atoms with Crippen LogP contribution in [0.4, 0.5) is 0 Å². The monoisotopic (exact) mass is 460 g/mol. The minimum absolute atomic E-state index is 0.0889. The van der Waals surface area contributed by atoms with Crippen LogP contribution in [0.3, 0.4) is 0 Å². The molecule has 1 heterocycles. The zero-order valence-corrected chi connectivity index (χ0v) is 18.2. The Bertz CT molecular complexity index is 1300. The Morgan fingerprint density at radius 3 is 2.27 bits per heavy atom. The van der Waals surface area contributed by atoms with Crippen LogP contribution in [0.5, 0.6) is 0 Å². The van der Waals surface area contributed by atoms with Crippen LogP contribution in [0.2, 0.25) is 5.02 Å². The van der Waals surface area contributed by atoms with Gasteiger partial charge in [0, 0.05) is 17.1 Å². The van der Waals surface area contributed by atoms with Crippen LogP contribution in [0, 0.1) is 0 Å². The van der Waals surface area contributed by atoms with E-state index in [-0.39, 0.29) is 6.42 Å². The summed E-state index contributed by atoms with van der Waals surface area (Å²) in [4.78, 5) is 41.0. The average molecular weight is 461 g/mol. The van der Waals surface area contributed by atoms with Gasteiger partial charge in [0.15, 0.2) is 0 Å². The highest BCUT2D eigenvalue weighted by molar-refractivity contribution is 6.33. The molecule has 33 heavy (non-hydrogen) atoms. The lowest BCUT2D eigenvalue weighted by Crippen LogP contribution is -2.43. The molecule has 0 saturated carbocycles. The Balaban J connectivity index is 1.43. The van der Waals surface area contributed by atoms with E-state index >= 15 is 0 Å². The first-order chi connectivity index (χ1) is 16.0. The Morgan fingerprint density at radius 1 is 0.788 bits per heavy atom. The van der Waals surface area contributed by atoms with Crippen LogP contribution in [-0.4, -0.2) is 22.7 Å². The minimum Gasteiger partial charge on any atom is -0.360 e. The number of H-pyrrole nitrogens is 1. The van der Waals surface area contributed by atoms with Gasteiger partial charge in [0.2, 0.25) is 5.91 Å². The summed E-state index contributed by atoms with van der Waals surface area (Å²) in [5.41, 5.74) is 7.16. The molecule has 1 aromatic heterocycles. The first-order valence-electron chi connectivity index (χ1n) is 10.3. The number of aromatic amines is 1. The number of hydrogen-bond donors (Lipinski definition) is 4. The summed E-state index contributed by atoms with van der Waals surface area (Å²) in [6.45, 7) is 0. The molecule has 7 nitrogen and oxygen atoms in total. The van der Waals surface area contributed by atoms with E-state index in [1.165, 1.54) is 0 Å². The molecular formula is C25H21ClN4O3. The molecule has 1 atom stereocenters.